The van der Waals surface area contributed by atoms with Gasteiger partial charge < -0.3 is 14.8 Å². The molecule has 204 valence electrons. The van der Waals surface area contributed by atoms with E-state index in [9.17, 15) is 13.2 Å². The molecule has 3 rings (SSSR count). The molecular formula is C29H35ClN2O5S. The first-order chi connectivity index (χ1) is 17.9. The van der Waals surface area contributed by atoms with Crippen molar-refractivity contribution in [1.29, 1.82) is 0 Å². The van der Waals surface area contributed by atoms with E-state index in [-0.39, 0.29) is 27.6 Å². The molecule has 0 unspecified atom stereocenters. The van der Waals surface area contributed by atoms with Gasteiger partial charge in [-0.25, -0.2) is 8.42 Å². The van der Waals surface area contributed by atoms with Crippen molar-refractivity contribution in [3.8, 4) is 11.5 Å². The molecule has 0 aliphatic rings. The van der Waals surface area contributed by atoms with Gasteiger partial charge in [0, 0.05) is 0 Å². The van der Waals surface area contributed by atoms with E-state index in [1.54, 1.807) is 31.4 Å². The summed E-state index contributed by atoms with van der Waals surface area (Å²) in [4.78, 5) is 13.4. The number of nitrogens with zero attached hydrogens (tertiary/aromatic N) is 1. The summed E-state index contributed by atoms with van der Waals surface area (Å²) in [7, 11) is -0.968. The zero-order valence-electron chi connectivity index (χ0n) is 22.8. The highest BCUT2D eigenvalue weighted by Gasteiger charge is 2.28. The summed E-state index contributed by atoms with van der Waals surface area (Å²) in [6.45, 7) is 9.42. The highest BCUT2D eigenvalue weighted by molar-refractivity contribution is 7.92. The van der Waals surface area contributed by atoms with Crippen LogP contribution in [-0.2, 0) is 14.8 Å². The molecule has 0 heterocycles. The summed E-state index contributed by atoms with van der Waals surface area (Å²) >= 11 is 6.32. The van der Waals surface area contributed by atoms with Gasteiger partial charge in [-0.1, -0.05) is 43.1 Å². The Bertz CT molecular complexity index is 1410. The van der Waals surface area contributed by atoms with Crippen molar-refractivity contribution in [1.82, 2.24) is 5.32 Å². The van der Waals surface area contributed by atoms with Crippen LogP contribution in [0.25, 0.3) is 0 Å². The van der Waals surface area contributed by atoms with E-state index < -0.39 is 22.5 Å². The van der Waals surface area contributed by atoms with Gasteiger partial charge >= 0.3 is 0 Å². The van der Waals surface area contributed by atoms with Gasteiger partial charge in [0.1, 0.15) is 18.0 Å². The molecule has 0 spiro atoms. The fourth-order valence-corrected chi connectivity index (χ4v) is 5.93. The van der Waals surface area contributed by atoms with Crippen LogP contribution >= 0.6 is 11.6 Å². The van der Waals surface area contributed by atoms with E-state index in [0.29, 0.717) is 5.75 Å². The Balaban J connectivity index is 1.95. The summed E-state index contributed by atoms with van der Waals surface area (Å²) in [6.07, 6.45) is 0. The monoisotopic (exact) mass is 558 g/mol. The van der Waals surface area contributed by atoms with Gasteiger partial charge in [-0.05, 0) is 85.8 Å². The molecule has 0 aliphatic heterocycles. The Morgan fingerprint density at radius 2 is 1.55 bits per heavy atom. The Kier molecular flexibility index (Phi) is 9.33. The maximum atomic E-state index is 13.7. The van der Waals surface area contributed by atoms with E-state index in [2.05, 4.69) is 19.2 Å². The Morgan fingerprint density at radius 3 is 2.11 bits per heavy atom. The van der Waals surface area contributed by atoms with Gasteiger partial charge in [-0.2, -0.15) is 0 Å². The molecule has 1 N–H and O–H groups in total. The molecule has 7 nitrogen and oxygen atoms in total. The van der Waals surface area contributed by atoms with Gasteiger partial charge in [0.2, 0.25) is 5.91 Å². The molecular weight excluding hydrogens is 524 g/mol. The zero-order chi connectivity index (χ0) is 28.2. The number of ether oxygens (including phenoxy) is 2. The average Bonchev–Trinajstić information content (AvgIpc) is 2.86. The minimum absolute atomic E-state index is 0.0727. The second-order valence-corrected chi connectivity index (χ2v) is 11.8. The summed E-state index contributed by atoms with van der Waals surface area (Å²) in [5, 5.41) is 3.20. The summed E-state index contributed by atoms with van der Waals surface area (Å²) in [6, 6.07) is 14.7. The molecule has 3 aromatic rings. The summed E-state index contributed by atoms with van der Waals surface area (Å²) in [5.41, 5.74) is 4.10. The van der Waals surface area contributed by atoms with E-state index in [1.165, 1.54) is 25.3 Å². The van der Waals surface area contributed by atoms with E-state index in [4.69, 9.17) is 21.1 Å². The summed E-state index contributed by atoms with van der Waals surface area (Å²) < 4.78 is 39.2. The zero-order valence-corrected chi connectivity index (χ0v) is 24.4. The van der Waals surface area contributed by atoms with Crippen LogP contribution in [0.2, 0.25) is 5.02 Å². The van der Waals surface area contributed by atoms with Crippen molar-refractivity contribution < 1.29 is 22.7 Å². The van der Waals surface area contributed by atoms with Crippen LogP contribution in [0.5, 0.6) is 11.5 Å². The average molecular weight is 559 g/mol. The number of aryl methyl sites for hydroxylation is 2. The number of benzene rings is 3. The number of hydrogen-bond acceptors (Lipinski definition) is 5. The largest absolute Gasteiger partial charge is 0.496 e. The van der Waals surface area contributed by atoms with Gasteiger partial charge in [0.25, 0.3) is 10.0 Å². The maximum absolute atomic E-state index is 13.7. The predicted octanol–water partition coefficient (Wildman–Crippen LogP) is 6.17. The number of hydrogen-bond donors (Lipinski definition) is 1. The molecule has 3 aromatic carbocycles. The Hall–Kier alpha value is -3.23. The molecule has 0 aliphatic carbocycles. The number of nitrogens with one attached hydrogen (secondary N) is 1. The lowest BCUT2D eigenvalue weighted by Gasteiger charge is -2.26. The van der Waals surface area contributed by atoms with Crippen LogP contribution in [0, 0.1) is 13.8 Å². The van der Waals surface area contributed by atoms with Crippen molar-refractivity contribution in [3.63, 3.8) is 0 Å². The van der Waals surface area contributed by atoms with Crippen LogP contribution in [0.15, 0.2) is 59.5 Å². The molecule has 38 heavy (non-hydrogen) atoms. The van der Waals surface area contributed by atoms with Gasteiger partial charge in [0.15, 0.2) is 0 Å². The van der Waals surface area contributed by atoms with E-state index in [0.717, 1.165) is 32.3 Å². The lowest BCUT2D eigenvalue weighted by Crippen LogP contribution is -2.41. The van der Waals surface area contributed by atoms with Crippen LogP contribution in [-0.4, -0.2) is 35.1 Å². The topological polar surface area (TPSA) is 84.9 Å². The quantitative estimate of drug-likeness (QED) is 0.321. The van der Waals surface area contributed by atoms with Crippen molar-refractivity contribution >= 4 is 33.2 Å². The SMILES string of the molecule is COc1ccc(N(CC(=O)N[C@@H](C)c2cc(C(C)C)c(OC)cc2C)S(=O)(=O)c2ccc(C)cc2)cc1Cl. The third-order valence-electron chi connectivity index (χ3n) is 6.40. The Labute approximate surface area is 230 Å². The number of carbonyl (C=O) groups is 1. The van der Waals surface area contributed by atoms with Gasteiger partial charge in [0.05, 0.1) is 35.9 Å². The summed E-state index contributed by atoms with van der Waals surface area (Å²) in [5.74, 6) is 0.965. The van der Waals surface area contributed by atoms with Crippen LogP contribution < -0.4 is 19.1 Å². The van der Waals surface area contributed by atoms with Gasteiger partial charge in [-0.3, -0.25) is 9.10 Å². The second kappa shape index (κ2) is 12.1. The van der Waals surface area contributed by atoms with Crippen LogP contribution in [0.1, 0.15) is 55.0 Å². The van der Waals surface area contributed by atoms with Gasteiger partial charge in [-0.15, -0.1) is 0 Å². The first-order valence-corrected chi connectivity index (χ1v) is 14.1. The highest BCUT2D eigenvalue weighted by atomic mass is 35.5. The minimum Gasteiger partial charge on any atom is -0.496 e. The van der Waals surface area contributed by atoms with Crippen molar-refractivity contribution in [2.45, 2.75) is 51.5 Å². The maximum Gasteiger partial charge on any atom is 0.264 e. The van der Waals surface area contributed by atoms with Crippen molar-refractivity contribution in [2.75, 3.05) is 25.1 Å². The number of amides is 1. The molecule has 1 atom stereocenters. The van der Waals surface area contributed by atoms with E-state index in [1.807, 2.05) is 32.9 Å². The smallest absolute Gasteiger partial charge is 0.264 e. The number of sulfonamides is 1. The molecule has 0 bridgehead atoms. The number of carbonyl (C=O) groups excluding carboxylic acids is 1. The molecule has 0 aromatic heterocycles. The molecule has 0 saturated carbocycles. The van der Waals surface area contributed by atoms with Crippen LogP contribution in [0.3, 0.4) is 0 Å². The van der Waals surface area contributed by atoms with Crippen molar-refractivity contribution in [2.24, 2.45) is 0 Å². The normalized spacial score (nSPS) is 12.2. The third-order valence-corrected chi connectivity index (χ3v) is 8.49. The molecule has 9 heteroatoms. The number of halogens is 1. The molecule has 0 saturated heterocycles. The van der Waals surface area contributed by atoms with E-state index >= 15 is 0 Å². The number of rotatable bonds is 10. The lowest BCUT2D eigenvalue weighted by molar-refractivity contribution is -0.120. The number of anilines is 1. The standard InChI is InChI=1S/C29H35ClN2O5S/c1-18(2)24-16-25(20(4)14-28(24)37-7)21(5)31-29(33)17-32(22-10-13-27(36-6)26(30)15-22)38(34,35)23-11-8-19(3)9-12-23/h8-16,18,21H,17H2,1-7H3,(H,31,33)/t21-/m0/s1. The fraction of sp³-hybridized carbons (Fsp3) is 0.345. The minimum atomic E-state index is -4.08. The third kappa shape index (κ3) is 6.42. The fourth-order valence-electron chi connectivity index (χ4n) is 4.27. The highest BCUT2D eigenvalue weighted by Crippen LogP contribution is 2.33. The molecule has 1 amide bonds. The second-order valence-electron chi connectivity index (χ2n) is 9.54. The molecule has 0 radical (unpaired) electrons. The Morgan fingerprint density at radius 1 is 0.921 bits per heavy atom. The lowest BCUT2D eigenvalue weighted by atomic mass is 9.93. The van der Waals surface area contributed by atoms with Crippen molar-refractivity contribution in [3.05, 3.63) is 81.9 Å². The first-order valence-electron chi connectivity index (χ1n) is 12.3. The number of methoxy groups -OCH3 is 2. The predicted molar refractivity (Wildman–Crippen MR) is 152 cm³/mol. The first kappa shape index (κ1) is 29.3. The van der Waals surface area contributed by atoms with Crippen LogP contribution in [0.4, 0.5) is 5.69 Å². The molecule has 0 fully saturated rings.